The summed E-state index contributed by atoms with van der Waals surface area (Å²) in [6, 6.07) is 9.55. The predicted molar refractivity (Wildman–Crippen MR) is 106 cm³/mol. The van der Waals surface area contributed by atoms with E-state index in [0.717, 1.165) is 28.8 Å². The third kappa shape index (κ3) is 6.01. The van der Waals surface area contributed by atoms with Gasteiger partial charge in [-0.3, -0.25) is 4.79 Å². The number of nitrogens with one attached hydrogen (secondary N) is 1. The quantitative estimate of drug-likeness (QED) is 0.462. The molecule has 0 aliphatic rings. The normalized spacial score (nSPS) is 12.3. The van der Waals surface area contributed by atoms with Gasteiger partial charge in [-0.05, 0) is 36.9 Å². The average Bonchev–Trinajstić information content (AvgIpc) is 2.64. The van der Waals surface area contributed by atoms with Gasteiger partial charge in [0.1, 0.15) is 6.10 Å². The SMILES string of the molecule is CCCCCCCC[C@@H](O)C(=O)Nc1cccc2nc(SC)ccc12. The molecule has 0 aliphatic carbocycles. The molecule has 2 N–H and O–H groups in total. The van der Waals surface area contributed by atoms with Crippen LogP contribution in [0.3, 0.4) is 0 Å². The lowest BCUT2D eigenvalue weighted by molar-refractivity contribution is -0.124. The molecule has 5 heteroatoms. The number of unbranched alkanes of at least 4 members (excludes halogenated alkanes) is 5. The van der Waals surface area contributed by atoms with Gasteiger partial charge in [-0.1, -0.05) is 51.5 Å². The van der Waals surface area contributed by atoms with Crippen LogP contribution in [-0.4, -0.2) is 28.4 Å². The Hall–Kier alpha value is -1.59. The number of aromatic nitrogens is 1. The number of hydrogen-bond acceptors (Lipinski definition) is 4. The topological polar surface area (TPSA) is 62.2 Å². The summed E-state index contributed by atoms with van der Waals surface area (Å²) in [7, 11) is 0. The van der Waals surface area contributed by atoms with E-state index in [1.165, 1.54) is 25.7 Å². The molecule has 0 aliphatic heterocycles. The summed E-state index contributed by atoms with van der Waals surface area (Å²) in [6.07, 6.45) is 8.39. The van der Waals surface area contributed by atoms with Gasteiger partial charge < -0.3 is 10.4 Å². The number of carbonyl (C=O) groups excluding carboxylic acids is 1. The van der Waals surface area contributed by atoms with Crippen LogP contribution in [0.2, 0.25) is 0 Å². The molecule has 1 amide bonds. The molecule has 1 atom stereocenters. The number of benzene rings is 1. The molecule has 136 valence electrons. The van der Waals surface area contributed by atoms with Crippen molar-refractivity contribution in [3.05, 3.63) is 30.3 Å². The van der Waals surface area contributed by atoms with Crippen molar-refractivity contribution in [1.82, 2.24) is 4.98 Å². The number of pyridine rings is 1. The van der Waals surface area contributed by atoms with Gasteiger partial charge in [0.2, 0.25) is 0 Å². The Morgan fingerprint density at radius 1 is 1.16 bits per heavy atom. The number of carbonyl (C=O) groups is 1. The summed E-state index contributed by atoms with van der Waals surface area (Å²) < 4.78 is 0. The first-order valence-corrected chi connectivity index (χ1v) is 10.3. The maximum Gasteiger partial charge on any atom is 0.253 e. The first-order chi connectivity index (χ1) is 12.2. The van der Waals surface area contributed by atoms with Gasteiger partial charge in [-0.2, -0.15) is 0 Å². The molecule has 0 bridgehead atoms. The monoisotopic (exact) mass is 360 g/mol. The number of hydrogen-bond donors (Lipinski definition) is 2. The summed E-state index contributed by atoms with van der Waals surface area (Å²) in [5, 5.41) is 14.8. The second kappa shape index (κ2) is 10.4. The van der Waals surface area contributed by atoms with E-state index in [-0.39, 0.29) is 5.91 Å². The summed E-state index contributed by atoms with van der Waals surface area (Å²) in [6.45, 7) is 2.19. The zero-order chi connectivity index (χ0) is 18.1. The molecule has 0 fully saturated rings. The third-order valence-corrected chi connectivity index (χ3v) is 4.95. The molecule has 1 aromatic carbocycles. The van der Waals surface area contributed by atoms with E-state index < -0.39 is 6.10 Å². The maximum atomic E-state index is 12.3. The van der Waals surface area contributed by atoms with Crippen molar-refractivity contribution in [3.8, 4) is 0 Å². The van der Waals surface area contributed by atoms with Gasteiger partial charge in [0.05, 0.1) is 16.2 Å². The van der Waals surface area contributed by atoms with Crippen LogP contribution < -0.4 is 5.32 Å². The van der Waals surface area contributed by atoms with Crippen LogP contribution in [0.1, 0.15) is 51.9 Å². The number of anilines is 1. The molecule has 0 saturated carbocycles. The van der Waals surface area contributed by atoms with Gasteiger partial charge >= 0.3 is 0 Å². The van der Waals surface area contributed by atoms with Gasteiger partial charge in [0.25, 0.3) is 5.91 Å². The number of nitrogens with zero attached hydrogens (tertiary/aromatic N) is 1. The summed E-state index contributed by atoms with van der Waals surface area (Å²) in [5.74, 6) is -0.338. The lowest BCUT2D eigenvalue weighted by Crippen LogP contribution is -2.27. The van der Waals surface area contributed by atoms with Crippen LogP contribution in [0, 0.1) is 0 Å². The fraction of sp³-hybridized carbons (Fsp3) is 0.500. The molecule has 0 spiro atoms. The highest BCUT2D eigenvalue weighted by Gasteiger charge is 2.15. The molecule has 0 unspecified atom stereocenters. The first kappa shape index (κ1) is 19.7. The van der Waals surface area contributed by atoms with Crippen LogP contribution in [0.25, 0.3) is 10.9 Å². The Balaban J connectivity index is 1.90. The number of thioether (sulfide) groups is 1. The Morgan fingerprint density at radius 2 is 1.92 bits per heavy atom. The smallest absolute Gasteiger partial charge is 0.253 e. The Labute approximate surface area is 154 Å². The lowest BCUT2D eigenvalue weighted by atomic mass is 10.1. The Kier molecular flexibility index (Phi) is 8.22. The van der Waals surface area contributed by atoms with Crippen molar-refractivity contribution in [2.45, 2.75) is 63.0 Å². The van der Waals surface area contributed by atoms with E-state index in [1.807, 2.05) is 36.6 Å². The first-order valence-electron chi connectivity index (χ1n) is 9.08. The van der Waals surface area contributed by atoms with E-state index in [1.54, 1.807) is 11.8 Å². The van der Waals surface area contributed by atoms with Gasteiger partial charge in [0.15, 0.2) is 0 Å². The average molecular weight is 361 g/mol. The fourth-order valence-corrected chi connectivity index (χ4v) is 3.22. The Bertz CT molecular complexity index is 690. The number of aliphatic hydroxyl groups is 1. The van der Waals surface area contributed by atoms with Crippen molar-refractivity contribution in [1.29, 1.82) is 0 Å². The largest absolute Gasteiger partial charge is 0.383 e. The number of fused-ring (bicyclic) bond motifs is 1. The zero-order valence-electron chi connectivity index (χ0n) is 15.1. The molecular weight excluding hydrogens is 332 g/mol. The molecule has 25 heavy (non-hydrogen) atoms. The van der Waals surface area contributed by atoms with Gasteiger partial charge in [-0.25, -0.2) is 4.98 Å². The van der Waals surface area contributed by atoms with Crippen LogP contribution in [0.4, 0.5) is 5.69 Å². The van der Waals surface area contributed by atoms with Gasteiger partial charge in [0, 0.05) is 5.39 Å². The van der Waals surface area contributed by atoms with Crippen molar-refractivity contribution < 1.29 is 9.90 Å². The maximum absolute atomic E-state index is 12.3. The second-order valence-corrected chi connectivity index (χ2v) is 7.11. The van der Waals surface area contributed by atoms with Gasteiger partial charge in [-0.15, -0.1) is 11.8 Å². The molecule has 1 heterocycles. The van der Waals surface area contributed by atoms with E-state index in [2.05, 4.69) is 17.2 Å². The minimum atomic E-state index is -0.958. The minimum absolute atomic E-state index is 0.338. The van der Waals surface area contributed by atoms with Crippen LogP contribution in [-0.2, 0) is 4.79 Å². The lowest BCUT2D eigenvalue weighted by Gasteiger charge is -2.13. The van der Waals surface area contributed by atoms with E-state index in [0.29, 0.717) is 12.1 Å². The van der Waals surface area contributed by atoms with E-state index >= 15 is 0 Å². The van der Waals surface area contributed by atoms with Crippen LogP contribution >= 0.6 is 11.8 Å². The molecule has 2 aromatic rings. The van der Waals surface area contributed by atoms with Crippen LogP contribution in [0.15, 0.2) is 35.4 Å². The summed E-state index contributed by atoms with van der Waals surface area (Å²) in [4.78, 5) is 16.8. The molecule has 0 saturated heterocycles. The number of rotatable bonds is 10. The minimum Gasteiger partial charge on any atom is -0.383 e. The summed E-state index contributed by atoms with van der Waals surface area (Å²) in [5.41, 5.74) is 1.54. The van der Waals surface area contributed by atoms with Crippen molar-refractivity contribution in [2.24, 2.45) is 0 Å². The van der Waals surface area contributed by atoms with E-state index in [9.17, 15) is 9.90 Å². The molecule has 1 aromatic heterocycles. The third-order valence-electron chi connectivity index (χ3n) is 4.31. The molecular formula is C20H28N2O2S. The second-order valence-electron chi connectivity index (χ2n) is 6.29. The number of aliphatic hydroxyl groups excluding tert-OH is 1. The van der Waals surface area contributed by atoms with Crippen molar-refractivity contribution in [2.75, 3.05) is 11.6 Å². The number of amides is 1. The Morgan fingerprint density at radius 3 is 2.68 bits per heavy atom. The highest BCUT2D eigenvalue weighted by atomic mass is 32.2. The summed E-state index contributed by atoms with van der Waals surface area (Å²) >= 11 is 1.59. The molecule has 4 nitrogen and oxygen atoms in total. The highest BCUT2D eigenvalue weighted by molar-refractivity contribution is 7.98. The van der Waals surface area contributed by atoms with Crippen molar-refractivity contribution in [3.63, 3.8) is 0 Å². The molecule has 2 rings (SSSR count). The van der Waals surface area contributed by atoms with Crippen molar-refractivity contribution >= 4 is 34.3 Å². The standard InChI is InChI=1S/C20H28N2O2S/c1-3-4-5-6-7-8-12-18(23)20(24)22-17-11-9-10-16-15(17)13-14-19(21-16)25-2/h9-11,13-14,18,23H,3-8,12H2,1-2H3,(H,22,24)/t18-/m1/s1. The zero-order valence-corrected chi connectivity index (χ0v) is 15.9. The van der Waals surface area contributed by atoms with E-state index in [4.69, 9.17) is 0 Å². The van der Waals surface area contributed by atoms with Crippen LogP contribution in [0.5, 0.6) is 0 Å². The fourth-order valence-electron chi connectivity index (χ4n) is 2.82. The highest BCUT2D eigenvalue weighted by Crippen LogP contribution is 2.25. The molecule has 0 radical (unpaired) electrons. The predicted octanol–water partition coefficient (Wildman–Crippen LogP) is 5.01.